The highest BCUT2D eigenvalue weighted by molar-refractivity contribution is 6.35. The fourth-order valence-electron chi connectivity index (χ4n) is 3.98. The van der Waals surface area contributed by atoms with E-state index in [1.165, 1.54) is 12.7 Å². The van der Waals surface area contributed by atoms with Crippen LogP contribution in [0.4, 0.5) is 5.69 Å². The number of aromatic amines is 1. The Balaban J connectivity index is 1.57. The molecule has 5 nitrogen and oxygen atoms in total. The van der Waals surface area contributed by atoms with E-state index in [0.717, 1.165) is 38.8 Å². The molecule has 1 aliphatic rings. The van der Waals surface area contributed by atoms with Crippen LogP contribution in [0.5, 0.6) is 11.5 Å². The van der Waals surface area contributed by atoms with Gasteiger partial charge in [0.1, 0.15) is 0 Å². The minimum absolute atomic E-state index is 0.0925. The third kappa shape index (κ3) is 2.83. The number of aromatic hydroxyl groups is 1. The van der Waals surface area contributed by atoms with Crippen molar-refractivity contribution < 1.29 is 14.6 Å². The van der Waals surface area contributed by atoms with Crippen LogP contribution in [0.1, 0.15) is 16.7 Å². The Kier molecular flexibility index (Phi) is 4.10. The molecule has 148 valence electrons. The Hall–Kier alpha value is -3.99. The van der Waals surface area contributed by atoms with Crippen LogP contribution in [-0.2, 0) is 4.79 Å². The lowest BCUT2D eigenvalue weighted by atomic mass is 9.99. The summed E-state index contributed by atoms with van der Waals surface area (Å²) in [6, 6.07) is 17.2. The van der Waals surface area contributed by atoms with E-state index in [1.807, 2.05) is 42.6 Å². The summed E-state index contributed by atoms with van der Waals surface area (Å²) in [6.45, 7) is 2.06. The van der Waals surface area contributed by atoms with Gasteiger partial charge in [-0.2, -0.15) is 0 Å². The number of H-pyrrole nitrogens is 1. The van der Waals surface area contributed by atoms with Crippen LogP contribution in [0, 0.1) is 6.92 Å². The zero-order chi connectivity index (χ0) is 20.8. The lowest BCUT2D eigenvalue weighted by Crippen LogP contribution is -2.03. The van der Waals surface area contributed by atoms with Gasteiger partial charge in [-0.25, -0.2) is 0 Å². The first-order valence-corrected chi connectivity index (χ1v) is 9.66. The number of hydrogen-bond donors (Lipinski definition) is 3. The van der Waals surface area contributed by atoms with Crippen LogP contribution in [0.25, 0.3) is 33.7 Å². The molecule has 30 heavy (non-hydrogen) atoms. The molecule has 0 atom stereocenters. The van der Waals surface area contributed by atoms with Crippen LogP contribution in [0.15, 0.2) is 60.8 Å². The van der Waals surface area contributed by atoms with E-state index in [0.29, 0.717) is 11.3 Å². The van der Waals surface area contributed by atoms with Gasteiger partial charge in [-0.1, -0.05) is 36.4 Å². The van der Waals surface area contributed by atoms with Gasteiger partial charge in [0, 0.05) is 39.5 Å². The van der Waals surface area contributed by atoms with Crippen molar-refractivity contribution in [2.45, 2.75) is 6.92 Å². The van der Waals surface area contributed by atoms with Crippen LogP contribution >= 0.6 is 0 Å². The van der Waals surface area contributed by atoms with Crippen molar-refractivity contribution >= 4 is 34.1 Å². The number of aryl methyl sites for hydroxylation is 1. The maximum atomic E-state index is 12.7. The molecular formula is C25H20N2O3. The molecule has 0 saturated carbocycles. The van der Waals surface area contributed by atoms with Gasteiger partial charge in [0.05, 0.1) is 7.11 Å². The SMILES string of the molecule is COc1cc(-c2ccc3c(c2)NC(=O)/C3=C\c2c[nH]c3c(C)cccc23)ccc1O. The number of ether oxygens (including phenoxy) is 1. The molecule has 0 bridgehead atoms. The van der Waals surface area contributed by atoms with Crippen LogP contribution in [0.2, 0.25) is 0 Å². The largest absolute Gasteiger partial charge is 0.504 e. The average Bonchev–Trinajstić information content (AvgIpc) is 3.30. The number of methoxy groups -OCH3 is 1. The highest BCUT2D eigenvalue weighted by Gasteiger charge is 2.25. The monoisotopic (exact) mass is 396 g/mol. The maximum Gasteiger partial charge on any atom is 0.256 e. The number of rotatable bonds is 3. The average molecular weight is 396 g/mol. The van der Waals surface area contributed by atoms with Crippen molar-refractivity contribution in [1.29, 1.82) is 0 Å². The quantitative estimate of drug-likeness (QED) is 0.409. The molecule has 1 aliphatic heterocycles. The highest BCUT2D eigenvalue weighted by atomic mass is 16.5. The summed E-state index contributed by atoms with van der Waals surface area (Å²) in [5, 5.41) is 13.9. The van der Waals surface area contributed by atoms with Crippen molar-refractivity contribution in [3.05, 3.63) is 77.5 Å². The fourth-order valence-corrected chi connectivity index (χ4v) is 3.98. The number of para-hydroxylation sites is 1. The topological polar surface area (TPSA) is 74.3 Å². The normalized spacial score (nSPS) is 14.2. The highest BCUT2D eigenvalue weighted by Crippen LogP contribution is 2.38. The zero-order valence-corrected chi connectivity index (χ0v) is 16.6. The van der Waals surface area contributed by atoms with E-state index < -0.39 is 0 Å². The first-order chi connectivity index (χ1) is 14.5. The van der Waals surface area contributed by atoms with Crippen LogP contribution < -0.4 is 10.1 Å². The molecule has 5 rings (SSSR count). The van der Waals surface area contributed by atoms with Gasteiger partial charge in [0.2, 0.25) is 0 Å². The summed E-state index contributed by atoms with van der Waals surface area (Å²) in [4.78, 5) is 16.0. The minimum atomic E-state index is -0.118. The van der Waals surface area contributed by atoms with Gasteiger partial charge in [-0.15, -0.1) is 0 Å². The van der Waals surface area contributed by atoms with Crippen LogP contribution in [0.3, 0.4) is 0 Å². The van der Waals surface area contributed by atoms with Gasteiger partial charge in [-0.3, -0.25) is 4.79 Å². The van der Waals surface area contributed by atoms with Crippen molar-refractivity contribution in [2.24, 2.45) is 0 Å². The molecule has 0 saturated heterocycles. The van der Waals surface area contributed by atoms with Crippen molar-refractivity contribution in [2.75, 3.05) is 12.4 Å². The van der Waals surface area contributed by atoms with E-state index in [9.17, 15) is 9.90 Å². The summed E-state index contributed by atoms with van der Waals surface area (Å²) in [6.07, 6.45) is 3.87. The molecule has 2 heterocycles. The standard InChI is InChI=1S/C25H20N2O3/c1-14-4-3-5-18-17(13-26-24(14)18)10-20-19-8-6-15(11-21(19)27-25(20)29)16-7-9-22(28)23(12-16)30-2/h3-13,26,28H,1-2H3,(H,27,29)/b20-10-. The molecule has 0 unspecified atom stereocenters. The fraction of sp³-hybridized carbons (Fsp3) is 0.0800. The van der Waals surface area contributed by atoms with E-state index >= 15 is 0 Å². The summed E-state index contributed by atoms with van der Waals surface area (Å²) in [5.41, 5.74) is 7.34. The molecule has 1 amide bonds. The number of nitrogens with one attached hydrogen (secondary N) is 2. The van der Waals surface area contributed by atoms with E-state index in [-0.39, 0.29) is 11.7 Å². The number of hydrogen-bond acceptors (Lipinski definition) is 3. The summed E-state index contributed by atoms with van der Waals surface area (Å²) in [5.74, 6) is 0.384. The molecule has 0 radical (unpaired) electrons. The third-order valence-corrected chi connectivity index (χ3v) is 5.57. The number of phenolic OH excluding ortho intramolecular Hbond substituents is 1. The van der Waals surface area contributed by atoms with Gasteiger partial charge in [0.25, 0.3) is 5.91 Å². The van der Waals surface area contributed by atoms with Crippen molar-refractivity contribution in [3.63, 3.8) is 0 Å². The number of anilines is 1. The summed E-state index contributed by atoms with van der Waals surface area (Å²) >= 11 is 0. The molecule has 3 N–H and O–H groups in total. The van der Waals surface area contributed by atoms with Crippen LogP contribution in [-0.4, -0.2) is 23.1 Å². The third-order valence-electron chi connectivity index (χ3n) is 5.57. The number of carbonyl (C=O) groups is 1. The molecule has 4 aromatic rings. The second-order valence-corrected chi connectivity index (χ2v) is 7.40. The number of fused-ring (bicyclic) bond motifs is 2. The second kappa shape index (κ2) is 6.81. The minimum Gasteiger partial charge on any atom is -0.504 e. The predicted octanol–water partition coefficient (Wildman–Crippen LogP) is 5.35. The first kappa shape index (κ1) is 18.1. The Morgan fingerprint density at radius 2 is 1.83 bits per heavy atom. The Bertz CT molecular complexity index is 1350. The van der Waals surface area contributed by atoms with E-state index in [1.54, 1.807) is 12.1 Å². The van der Waals surface area contributed by atoms with E-state index in [2.05, 4.69) is 29.4 Å². The molecule has 3 aromatic carbocycles. The number of aromatic nitrogens is 1. The molecule has 0 fully saturated rings. The number of benzene rings is 3. The number of amides is 1. The smallest absolute Gasteiger partial charge is 0.256 e. The Morgan fingerprint density at radius 3 is 2.67 bits per heavy atom. The maximum absolute atomic E-state index is 12.7. The summed E-state index contributed by atoms with van der Waals surface area (Å²) < 4.78 is 5.20. The Morgan fingerprint density at radius 1 is 1.03 bits per heavy atom. The predicted molar refractivity (Wildman–Crippen MR) is 120 cm³/mol. The van der Waals surface area contributed by atoms with Crippen molar-refractivity contribution in [1.82, 2.24) is 4.98 Å². The first-order valence-electron chi connectivity index (χ1n) is 9.66. The molecule has 1 aromatic heterocycles. The van der Waals surface area contributed by atoms with E-state index in [4.69, 9.17) is 4.74 Å². The van der Waals surface area contributed by atoms with Gasteiger partial charge in [-0.05, 0) is 47.9 Å². The molecule has 5 heteroatoms. The van der Waals surface area contributed by atoms with Gasteiger partial charge < -0.3 is 20.1 Å². The van der Waals surface area contributed by atoms with Gasteiger partial charge in [0.15, 0.2) is 11.5 Å². The molecular weight excluding hydrogens is 376 g/mol. The lowest BCUT2D eigenvalue weighted by Gasteiger charge is -2.08. The van der Waals surface area contributed by atoms with Gasteiger partial charge >= 0.3 is 0 Å². The number of carbonyl (C=O) groups excluding carboxylic acids is 1. The van der Waals surface area contributed by atoms with Crippen molar-refractivity contribution in [3.8, 4) is 22.6 Å². The molecule has 0 spiro atoms. The lowest BCUT2D eigenvalue weighted by molar-refractivity contribution is -0.110. The number of phenols is 1. The zero-order valence-electron chi connectivity index (χ0n) is 16.6. The Labute approximate surface area is 173 Å². The second-order valence-electron chi connectivity index (χ2n) is 7.40. The summed E-state index contributed by atoms with van der Waals surface area (Å²) in [7, 11) is 1.52. The molecule has 0 aliphatic carbocycles.